The van der Waals surface area contributed by atoms with Crippen LogP contribution in [0.1, 0.15) is 12.5 Å². The van der Waals surface area contributed by atoms with Crippen molar-refractivity contribution in [2.45, 2.75) is 20.0 Å². The van der Waals surface area contributed by atoms with Crippen molar-refractivity contribution in [1.82, 2.24) is 9.97 Å². The number of amides is 1. The van der Waals surface area contributed by atoms with E-state index in [0.29, 0.717) is 11.7 Å². The number of anilines is 1. The number of aromatic nitrogens is 2. The van der Waals surface area contributed by atoms with Gasteiger partial charge < -0.3 is 4.74 Å². The summed E-state index contributed by atoms with van der Waals surface area (Å²) in [5.41, 5.74) is 1.08. The molecule has 1 aromatic heterocycles. The van der Waals surface area contributed by atoms with Gasteiger partial charge in [-0.25, -0.2) is 9.97 Å². The fraction of sp³-hybridized carbons (Fsp3) is 0.267. The maximum Gasteiger partial charge on any atom is 0.269 e. The Morgan fingerprint density at radius 3 is 2.62 bits per heavy atom. The SMILES string of the molecule is Cc1cccc(O[C@@H](C)C(=O)N(C)c2ncc(Br)cn2)c1. The van der Waals surface area contributed by atoms with Crippen LogP contribution in [0.2, 0.25) is 0 Å². The minimum Gasteiger partial charge on any atom is -0.481 e. The van der Waals surface area contributed by atoms with Crippen molar-refractivity contribution in [2.75, 3.05) is 11.9 Å². The third-order valence-electron chi connectivity index (χ3n) is 2.89. The molecule has 2 aromatic rings. The van der Waals surface area contributed by atoms with E-state index in [4.69, 9.17) is 4.74 Å². The first kappa shape index (κ1) is 15.4. The minimum atomic E-state index is -0.621. The number of hydrogen-bond donors (Lipinski definition) is 0. The maximum atomic E-state index is 12.3. The molecule has 2 rings (SSSR count). The van der Waals surface area contributed by atoms with Gasteiger partial charge in [-0.05, 0) is 47.5 Å². The zero-order chi connectivity index (χ0) is 15.4. The second-order valence-electron chi connectivity index (χ2n) is 4.68. The van der Waals surface area contributed by atoms with E-state index < -0.39 is 6.10 Å². The molecule has 0 saturated carbocycles. The van der Waals surface area contributed by atoms with E-state index in [0.717, 1.165) is 10.0 Å². The van der Waals surface area contributed by atoms with Crippen molar-refractivity contribution in [3.05, 3.63) is 46.7 Å². The number of benzene rings is 1. The molecule has 0 N–H and O–H groups in total. The monoisotopic (exact) mass is 349 g/mol. The number of nitrogens with zero attached hydrogens (tertiary/aromatic N) is 3. The van der Waals surface area contributed by atoms with Gasteiger partial charge in [0.05, 0.1) is 4.47 Å². The Kier molecular flexibility index (Phi) is 4.90. The molecule has 0 aliphatic heterocycles. The van der Waals surface area contributed by atoms with Crippen LogP contribution in [0.25, 0.3) is 0 Å². The summed E-state index contributed by atoms with van der Waals surface area (Å²) in [4.78, 5) is 21.9. The molecule has 1 atom stereocenters. The minimum absolute atomic E-state index is 0.209. The summed E-state index contributed by atoms with van der Waals surface area (Å²) in [5, 5.41) is 0. The smallest absolute Gasteiger partial charge is 0.269 e. The van der Waals surface area contributed by atoms with Gasteiger partial charge in [-0.2, -0.15) is 0 Å². The Labute approximate surface area is 132 Å². The zero-order valence-electron chi connectivity index (χ0n) is 12.1. The fourth-order valence-electron chi connectivity index (χ4n) is 1.79. The Morgan fingerprint density at radius 1 is 1.33 bits per heavy atom. The largest absolute Gasteiger partial charge is 0.481 e. The van der Waals surface area contributed by atoms with Crippen LogP contribution in [-0.2, 0) is 4.79 Å². The van der Waals surface area contributed by atoms with Gasteiger partial charge in [0.15, 0.2) is 6.10 Å². The summed E-state index contributed by atoms with van der Waals surface area (Å²) in [5.74, 6) is 0.794. The number of hydrogen-bond acceptors (Lipinski definition) is 4. The summed E-state index contributed by atoms with van der Waals surface area (Å²) in [7, 11) is 1.63. The van der Waals surface area contributed by atoms with Crippen LogP contribution in [0.3, 0.4) is 0 Å². The average molecular weight is 350 g/mol. The molecule has 0 spiro atoms. The topological polar surface area (TPSA) is 55.3 Å². The van der Waals surface area contributed by atoms with Crippen molar-refractivity contribution in [1.29, 1.82) is 0 Å². The number of rotatable bonds is 4. The van der Waals surface area contributed by atoms with E-state index in [-0.39, 0.29) is 5.91 Å². The molecule has 1 heterocycles. The van der Waals surface area contributed by atoms with Gasteiger partial charge in [0.25, 0.3) is 5.91 Å². The van der Waals surface area contributed by atoms with Crippen LogP contribution in [0.4, 0.5) is 5.95 Å². The van der Waals surface area contributed by atoms with Gasteiger partial charge in [0.1, 0.15) is 5.75 Å². The second-order valence-corrected chi connectivity index (χ2v) is 5.59. The molecule has 0 bridgehead atoms. The number of halogens is 1. The van der Waals surface area contributed by atoms with Crippen LogP contribution in [-0.4, -0.2) is 29.0 Å². The zero-order valence-corrected chi connectivity index (χ0v) is 13.7. The molecule has 0 aliphatic carbocycles. The molecular formula is C15H16BrN3O2. The molecular weight excluding hydrogens is 334 g/mol. The van der Waals surface area contributed by atoms with E-state index in [9.17, 15) is 4.79 Å². The van der Waals surface area contributed by atoms with E-state index in [1.54, 1.807) is 26.4 Å². The molecule has 1 amide bonds. The van der Waals surface area contributed by atoms with Gasteiger partial charge in [-0.15, -0.1) is 0 Å². The average Bonchev–Trinajstić information content (AvgIpc) is 2.46. The predicted molar refractivity (Wildman–Crippen MR) is 84.4 cm³/mol. The second kappa shape index (κ2) is 6.67. The number of carbonyl (C=O) groups is 1. The van der Waals surface area contributed by atoms with E-state index in [2.05, 4.69) is 25.9 Å². The van der Waals surface area contributed by atoms with Crippen LogP contribution in [0.5, 0.6) is 5.75 Å². The van der Waals surface area contributed by atoms with Crippen molar-refractivity contribution >= 4 is 27.8 Å². The first-order chi connectivity index (χ1) is 9.97. The number of ether oxygens (including phenoxy) is 1. The van der Waals surface area contributed by atoms with Gasteiger partial charge in [-0.3, -0.25) is 9.69 Å². The van der Waals surface area contributed by atoms with Crippen molar-refractivity contribution < 1.29 is 9.53 Å². The van der Waals surface area contributed by atoms with E-state index in [1.165, 1.54) is 4.90 Å². The van der Waals surface area contributed by atoms with Crippen molar-refractivity contribution in [3.8, 4) is 5.75 Å². The Balaban J connectivity index is 2.06. The summed E-state index contributed by atoms with van der Waals surface area (Å²) in [6.07, 6.45) is 2.57. The van der Waals surface area contributed by atoms with Crippen LogP contribution in [0.15, 0.2) is 41.1 Å². The lowest BCUT2D eigenvalue weighted by Crippen LogP contribution is -2.38. The first-order valence-corrected chi connectivity index (χ1v) is 7.25. The standard InChI is InChI=1S/C15H16BrN3O2/c1-10-5-4-6-13(7-10)21-11(2)14(20)19(3)15-17-8-12(16)9-18-15/h4-9,11H,1-3H3/t11-/m0/s1. The summed E-state index contributed by atoms with van der Waals surface area (Å²) in [6.45, 7) is 3.68. The molecule has 21 heavy (non-hydrogen) atoms. The quantitative estimate of drug-likeness (QED) is 0.851. The van der Waals surface area contributed by atoms with Crippen molar-refractivity contribution in [2.24, 2.45) is 0 Å². The molecule has 5 nitrogen and oxygen atoms in total. The van der Waals surface area contributed by atoms with Gasteiger partial charge >= 0.3 is 0 Å². The highest BCUT2D eigenvalue weighted by Crippen LogP contribution is 2.16. The van der Waals surface area contributed by atoms with Crippen LogP contribution in [0, 0.1) is 6.92 Å². The molecule has 1 aromatic carbocycles. The van der Waals surface area contributed by atoms with Crippen LogP contribution >= 0.6 is 15.9 Å². The number of likely N-dealkylation sites (N-methyl/N-ethyl adjacent to an activating group) is 1. The molecule has 6 heteroatoms. The lowest BCUT2D eigenvalue weighted by molar-refractivity contribution is -0.124. The predicted octanol–water partition coefficient (Wildman–Crippen LogP) is 2.98. The highest BCUT2D eigenvalue weighted by Gasteiger charge is 2.22. The lowest BCUT2D eigenvalue weighted by atomic mass is 10.2. The maximum absolute atomic E-state index is 12.3. The molecule has 0 fully saturated rings. The van der Waals surface area contributed by atoms with E-state index in [1.807, 2.05) is 31.2 Å². The summed E-state index contributed by atoms with van der Waals surface area (Å²) < 4.78 is 6.43. The normalized spacial score (nSPS) is 11.8. The van der Waals surface area contributed by atoms with Gasteiger partial charge in [-0.1, -0.05) is 12.1 Å². The van der Waals surface area contributed by atoms with Gasteiger partial charge in [0, 0.05) is 19.4 Å². The molecule has 0 saturated heterocycles. The van der Waals surface area contributed by atoms with Crippen molar-refractivity contribution in [3.63, 3.8) is 0 Å². The molecule has 0 aliphatic rings. The summed E-state index contributed by atoms with van der Waals surface area (Å²) in [6, 6.07) is 7.58. The first-order valence-electron chi connectivity index (χ1n) is 6.46. The highest BCUT2D eigenvalue weighted by atomic mass is 79.9. The summed E-state index contributed by atoms with van der Waals surface area (Å²) >= 11 is 3.26. The fourth-order valence-corrected chi connectivity index (χ4v) is 2.00. The Hall–Kier alpha value is -1.95. The molecule has 110 valence electrons. The third kappa shape index (κ3) is 4.01. The lowest BCUT2D eigenvalue weighted by Gasteiger charge is -2.20. The van der Waals surface area contributed by atoms with Crippen LogP contribution < -0.4 is 9.64 Å². The number of aryl methyl sites for hydroxylation is 1. The number of carbonyl (C=O) groups excluding carboxylic acids is 1. The van der Waals surface area contributed by atoms with E-state index >= 15 is 0 Å². The third-order valence-corrected chi connectivity index (χ3v) is 3.30. The Morgan fingerprint density at radius 2 is 2.00 bits per heavy atom. The highest BCUT2D eigenvalue weighted by molar-refractivity contribution is 9.10. The molecule has 0 radical (unpaired) electrons. The Bertz CT molecular complexity index is 631. The molecule has 0 unspecified atom stereocenters. The van der Waals surface area contributed by atoms with Gasteiger partial charge in [0.2, 0.25) is 5.95 Å².